The maximum Gasteiger partial charge on any atom is 0.307 e. The highest BCUT2D eigenvalue weighted by Gasteiger charge is 2.54. The van der Waals surface area contributed by atoms with Gasteiger partial charge in [0, 0.05) is 11.1 Å². The van der Waals surface area contributed by atoms with Gasteiger partial charge in [-0.25, -0.2) is 0 Å². The molecule has 27 heavy (non-hydrogen) atoms. The van der Waals surface area contributed by atoms with E-state index in [2.05, 4.69) is 5.32 Å². The molecule has 2 aliphatic carbocycles. The number of carboxylic acid groups (broad SMARTS) is 1. The molecular formula is C22H21NO4. The lowest BCUT2D eigenvalue weighted by atomic mass is 9.78. The molecule has 2 bridgehead atoms. The fourth-order valence-electron chi connectivity index (χ4n) is 4.78. The number of carbonyl (C=O) groups excluding carboxylic acids is 2. The van der Waals surface area contributed by atoms with Crippen molar-refractivity contribution in [3.8, 4) is 0 Å². The zero-order valence-corrected chi connectivity index (χ0v) is 14.8. The summed E-state index contributed by atoms with van der Waals surface area (Å²) in [4.78, 5) is 37.5. The minimum atomic E-state index is -0.893. The third-order valence-corrected chi connectivity index (χ3v) is 5.97. The van der Waals surface area contributed by atoms with Gasteiger partial charge >= 0.3 is 5.97 Å². The third kappa shape index (κ3) is 3.14. The maximum atomic E-state index is 12.9. The quantitative estimate of drug-likeness (QED) is 0.795. The average molecular weight is 363 g/mol. The second kappa shape index (κ2) is 6.99. The van der Waals surface area contributed by atoms with Gasteiger partial charge in [0.15, 0.2) is 5.78 Å². The summed E-state index contributed by atoms with van der Waals surface area (Å²) >= 11 is 0. The fraction of sp³-hybridized carbons (Fsp3) is 0.318. The van der Waals surface area contributed by atoms with Crippen LogP contribution in [0.2, 0.25) is 0 Å². The molecule has 2 saturated carbocycles. The second-order valence-corrected chi connectivity index (χ2v) is 7.45. The molecule has 2 aromatic rings. The van der Waals surface area contributed by atoms with Crippen LogP contribution in [-0.2, 0) is 9.59 Å². The van der Waals surface area contributed by atoms with Crippen molar-refractivity contribution in [3.05, 3.63) is 65.7 Å². The smallest absolute Gasteiger partial charge is 0.307 e. The second-order valence-electron chi connectivity index (χ2n) is 7.45. The number of carbonyl (C=O) groups is 3. The van der Waals surface area contributed by atoms with Gasteiger partial charge in [-0.15, -0.1) is 0 Å². The predicted molar refractivity (Wildman–Crippen MR) is 100 cm³/mol. The first kappa shape index (κ1) is 17.5. The van der Waals surface area contributed by atoms with Crippen molar-refractivity contribution in [1.82, 2.24) is 0 Å². The van der Waals surface area contributed by atoms with E-state index in [9.17, 15) is 19.5 Å². The first-order valence-corrected chi connectivity index (χ1v) is 9.28. The van der Waals surface area contributed by atoms with Gasteiger partial charge in [0.25, 0.3) is 0 Å². The molecule has 0 radical (unpaired) electrons. The summed E-state index contributed by atoms with van der Waals surface area (Å²) in [6.07, 6.45) is 2.59. The van der Waals surface area contributed by atoms with E-state index in [1.54, 1.807) is 48.5 Å². The van der Waals surface area contributed by atoms with E-state index < -0.39 is 17.8 Å². The number of para-hydroxylation sites is 1. The Bertz CT molecular complexity index is 892. The van der Waals surface area contributed by atoms with Crippen LogP contribution in [0.25, 0.3) is 0 Å². The van der Waals surface area contributed by atoms with Crippen LogP contribution in [0.4, 0.5) is 5.69 Å². The molecule has 0 heterocycles. The molecule has 1 amide bonds. The predicted octanol–water partition coefficient (Wildman–Crippen LogP) is 3.60. The number of anilines is 1. The van der Waals surface area contributed by atoms with Gasteiger partial charge in [0.05, 0.1) is 17.5 Å². The number of hydrogen-bond acceptors (Lipinski definition) is 3. The maximum absolute atomic E-state index is 12.9. The Kier molecular flexibility index (Phi) is 4.52. The van der Waals surface area contributed by atoms with Gasteiger partial charge in [-0.05, 0) is 43.2 Å². The zero-order chi connectivity index (χ0) is 19.0. The molecular weight excluding hydrogens is 342 g/mol. The first-order chi connectivity index (χ1) is 13.1. The monoisotopic (exact) mass is 363 g/mol. The SMILES string of the molecule is O=C(c1ccccc1)c1ccccc1NC(=O)C1C2CCC(C2)C1C(=O)O. The van der Waals surface area contributed by atoms with Gasteiger partial charge < -0.3 is 10.4 Å². The molecule has 138 valence electrons. The zero-order valence-electron chi connectivity index (χ0n) is 14.8. The van der Waals surface area contributed by atoms with Crippen LogP contribution in [0, 0.1) is 23.7 Å². The molecule has 5 heteroatoms. The molecule has 2 fully saturated rings. The number of ketones is 1. The van der Waals surface area contributed by atoms with Crippen LogP contribution in [0.1, 0.15) is 35.2 Å². The lowest BCUT2D eigenvalue weighted by molar-refractivity contribution is -0.148. The van der Waals surface area contributed by atoms with E-state index in [0.717, 1.165) is 19.3 Å². The molecule has 2 aromatic carbocycles. The number of rotatable bonds is 5. The fourth-order valence-corrected chi connectivity index (χ4v) is 4.78. The van der Waals surface area contributed by atoms with Gasteiger partial charge in [0.1, 0.15) is 0 Å². The summed E-state index contributed by atoms with van der Waals surface area (Å²) in [5.74, 6) is -2.30. The summed E-state index contributed by atoms with van der Waals surface area (Å²) in [7, 11) is 0. The molecule has 2 aliphatic rings. The number of nitrogens with one attached hydrogen (secondary N) is 1. The van der Waals surface area contributed by atoms with Crippen molar-refractivity contribution >= 4 is 23.3 Å². The van der Waals surface area contributed by atoms with Crippen LogP contribution in [-0.4, -0.2) is 22.8 Å². The van der Waals surface area contributed by atoms with E-state index in [-0.39, 0.29) is 23.5 Å². The van der Waals surface area contributed by atoms with E-state index in [4.69, 9.17) is 0 Å². The Morgan fingerprint density at radius 3 is 2.19 bits per heavy atom. The molecule has 4 unspecified atom stereocenters. The molecule has 4 rings (SSSR count). The number of amides is 1. The van der Waals surface area contributed by atoms with E-state index in [1.165, 1.54) is 0 Å². The number of benzene rings is 2. The van der Waals surface area contributed by atoms with Crippen LogP contribution in [0.5, 0.6) is 0 Å². The van der Waals surface area contributed by atoms with E-state index >= 15 is 0 Å². The Balaban J connectivity index is 1.59. The van der Waals surface area contributed by atoms with Crippen molar-refractivity contribution in [2.75, 3.05) is 5.32 Å². The summed E-state index contributed by atoms with van der Waals surface area (Å²) in [6, 6.07) is 15.8. The Morgan fingerprint density at radius 2 is 1.48 bits per heavy atom. The average Bonchev–Trinajstić information content (AvgIpc) is 3.30. The summed E-state index contributed by atoms with van der Waals surface area (Å²) in [5.41, 5.74) is 1.39. The number of aliphatic carboxylic acids is 1. The molecule has 2 N–H and O–H groups in total. The van der Waals surface area contributed by atoms with Gasteiger partial charge in [-0.1, -0.05) is 42.5 Å². The van der Waals surface area contributed by atoms with Gasteiger partial charge in [0.2, 0.25) is 5.91 Å². The van der Waals surface area contributed by atoms with Gasteiger partial charge in [-0.3, -0.25) is 14.4 Å². The van der Waals surface area contributed by atoms with Crippen LogP contribution in [0.3, 0.4) is 0 Å². The van der Waals surface area contributed by atoms with Crippen molar-refractivity contribution in [1.29, 1.82) is 0 Å². The highest BCUT2D eigenvalue weighted by molar-refractivity contribution is 6.14. The lowest BCUT2D eigenvalue weighted by Gasteiger charge is -2.27. The molecule has 0 aliphatic heterocycles. The number of hydrogen-bond donors (Lipinski definition) is 2. The lowest BCUT2D eigenvalue weighted by Crippen LogP contribution is -2.38. The minimum Gasteiger partial charge on any atom is -0.481 e. The molecule has 0 saturated heterocycles. The minimum absolute atomic E-state index is 0.0874. The van der Waals surface area contributed by atoms with Crippen molar-refractivity contribution in [3.63, 3.8) is 0 Å². The van der Waals surface area contributed by atoms with Gasteiger partial charge in [-0.2, -0.15) is 0 Å². The Hall–Kier alpha value is -2.95. The molecule has 5 nitrogen and oxygen atoms in total. The molecule has 0 spiro atoms. The summed E-state index contributed by atoms with van der Waals surface area (Å²) < 4.78 is 0. The van der Waals surface area contributed by atoms with Crippen molar-refractivity contribution < 1.29 is 19.5 Å². The van der Waals surface area contributed by atoms with E-state index in [0.29, 0.717) is 16.8 Å². The Morgan fingerprint density at radius 1 is 0.852 bits per heavy atom. The van der Waals surface area contributed by atoms with E-state index in [1.807, 2.05) is 6.07 Å². The topological polar surface area (TPSA) is 83.5 Å². The summed E-state index contributed by atoms with van der Waals surface area (Å²) in [6.45, 7) is 0. The first-order valence-electron chi connectivity index (χ1n) is 9.28. The Labute approximate surface area is 157 Å². The number of carboxylic acids is 1. The standard InChI is InChI=1S/C22H21NO4/c24-20(13-6-2-1-3-7-13)16-8-4-5-9-17(16)23-21(25)18-14-10-11-15(12-14)19(18)22(26)27/h1-9,14-15,18-19H,10-12H2,(H,23,25)(H,26,27). The van der Waals surface area contributed by atoms with Crippen LogP contribution in [0.15, 0.2) is 54.6 Å². The van der Waals surface area contributed by atoms with Crippen molar-refractivity contribution in [2.24, 2.45) is 23.7 Å². The largest absolute Gasteiger partial charge is 0.481 e. The van der Waals surface area contributed by atoms with Crippen LogP contribution < -0.4 is 5.32 Å². The highest BCUT2D eigenvalue weighted by Crippen LogP contribution is 2.52. The number of fused-ring (bicyclic) bond motifs is 2. The third-order valence-electron chi connectivity index (χ3n) is 5.97. The summed E-state index contributed by atoms with van der Waals surface area (Å²) in [5, 5.41) is 12.4. The molecule has 4 atom stereocenters. The normalized spacial score (nSPS) is 25.9. The van der Waals surface area contributed by atoms with Crippen LogP contribution >= 0.6 is 0 Å². The van der Waals surface area contributed by atoms with Crippen molar-refractivity contribution in [2.45, 2.75) is 19.3 Å². The molecule has 0 aromatic heterocycles. The highest BCUT2D eigenvalue weighted by atomic mass is 16.4.